The van der Waals surface area contributed by atoms with Crippen LogP contribution in [0.25, 0.3) is 6.08 Å². The summed E-state index contributed by atoms with van der Waals surface area (Å²) in [5, 5.41) is 0.579. The smallest absolute Gasteiger partial charge is 0.268 e. The van der Waals surface area contributed by atoms with Gasteiger partial charge in [-0.1, -0.05) is 59.6 Å². The van der Waals surface area contributed by atoms with Crippen molar-refractivity contribution in [3.63, 3.8) is 0 Å². The van der Waals surface area contributed by atoms with E-state index in [1.165, 1.54) is 4.90 Å². The summed E-state index contributed by atoms with van der Waals surface area (Å²) in [6.07, 6.45) is 1.65. The van der Waals surface area contributed by atoms with Gasteiger partial charge in [0.05, 0.1) is 21.5 Å². The molecule has 0 spiro atoms. The van der Waals surface area contributed by atoms with E-state index in [1.807, 2.05) is 30.3 Å². The van der Waals surface area contributed by atoms with Crippen LogP contribution in [0.2, 0.25) is 10.0 Å². The number of thioether (sulfide) groups is 1. The first-order chi connectivity index (χ1) is 11.0. The lowest BCUT2D eigenvalue weighted by molar-refractivity contribution is -0.123. The van der Waals surface area contributed by atoms with Gasteiger partial charge >= 0.3 is 0 Å². The van der Waals surface area contributed by atoms with Crippen LogP contribution in [0.3, 0.4) is 0 Å². The van der Waals surface area contributed by atoms with Crippen LogP contribution in [-0.4, -0.2) is 16.0 Å². The minimum atomic E-state index is -0.296. The zero-order valence-corrected chi connectivity index (χ0v) is 14.2. The van der Waals surface area contributed by atoms with Gasteiger partial charge in [-0.2, -0.15) is 0 Å². The summed E-state index contributed by atoms with van der Waals surface area (Å²) >= 11 is 12.8. The Kier molecular flexibility index (Phi) is 4.76. The molecule has 1 saturated heterocycles. The largest absolute Gasteiger partial charge is 0.293 e. The van der Waals surface area contributed by atoms with E-state index in [9.17, 15) is 9.59 Å². The molecule has 2 aromatic rings. The van der Waals surface area contributed by atoms with Gasteiger partial charge in [-0.15, -0.1) is 0 Å². The fourth-order valence-electron chi connectivity index (χ4n) is 2.16. The predicted molar refractivity (Wildman–Crippen MR) is 94.4 cm³/mol. The number of rotatable bonds is 3. The molecule has 1 heterocycles. The highest BCUT2D eigenvalue weighted by Crippen LogP contribution is 2.34. The maximum absolute atomic E-state index is 12.4. The van der Waals surface area contributed by atoms with Gasteiger partial charge < -0.3 is 0 Å². The third kappa shape index (κ3) is 3.61. The summed E-state index contributed by atoms with van der Waals surface area (Å²) in [4.78, 5) is 26.1. The molecule has 1 aliphatic heterocycles. The molecule has 0 radical (unpaired) electrons. The third-order valence-electron chi connectivity index (χ3n) is 3.30. The predicted octanol–water partition coefficient (Wildman–Crippen LogP) is 5.23. The second kappa shape index (κ2) is 6.79. The van der Waals surface area contributed by atoms with Crippen LogP contribution in [0.1, 0.15) is 11.1 Å². The minimum absolute atomic E-state index is 0.268. The van der Waals surface area contributed by atoms with Crippen molar-refractivity contribution >= 4 is 52.2 Å². The molecule has 3 rings (SSSR count). The number of halogens is 2. The van der Waals surface area contributed by atoms with E-state index < -0.39 is 0 Å². The number of nitrogens with zero attached hydrogens (tertiary/aromatic N) is 1. The number of carbonyl (C=O) groups is 2. The topological polar surface area (TPSA) is 37.4 Å². The highest BCUT2D eigenvalue weighted by Gasteiger charge is 2.34. The van der Waals surface area contributed by atoms with Crippen LogP contribution in [-0.2, 0) is 11.3 Å². The summed E-state index contributed by atoms with van der Waals surface area (Å²) < 4.78 is 0. The van der Waals surface area contributed by atoms with E-state index in [-0.39, 0.29) is 17.7 Å². The van der Waals surface area contributed by atoms with Crippen LogP contribution in [0.15, 0.2) is 53.4 Å². The molecule has 2 amide bonds. The standard InChI is InChI=1S/C17H11Cl2NO2S/c18-13-7-6-12(8-14(13)19)9-15-16(21)20(17(22)23-15)10-11-4-2-1-3-5-11/h1-9H,10H2/b15-9-. The molecule has 116 valence electrons. The van der Waals surface area contributed by atoms with Gasteiger partial charge in [-0.3, -0.25) is 14.5 Å². The zero-order valence-electron chi connectivity index (χ0n) is 11.8. The Labute approximate surface area is 147 Å². The van der Waals surface area contributed by atoms with Crippen LogP contribution >= 0.6 is 35.0 Å². The van der Waals surface area contributed by atoms with Gasteiger partial charge in [0.15, 0.2) is 0 Å². The summed E-state index contributed by atoms with van der Waals surface area (Å²) in [7, 11) is 0. The Morgan fingerprint density at radius 3 is 2.43 bits per heavy atom. The van der Waals surface area contributed by atoms with E-state index in [1.54, 1.807) is 24.3 Å². The summed E-state index contributed by atoms with van der Waals surface area (Å²) in [5.74, 6) is -0.296. The van der Waals surface area contributed by atoms with Crippen LogP contribution in [0.5, 0.6) is 0 Å². The van der Waals surface area contributed by atoms with Crippen molar-refractivity contribution < 1.29 is 9.59 Å². The Balaban J connectivity index is 1.83. The maximum Gasteiger partial charge on any atom is 0.293 e. The number of hydrogen-bond donors (Lipinski definition) is 0. The van der Waals surface area contributed by atoms with Crippen LogP contribution in [0.4, 0.5) is 4.79 Å². The lowest BCUT2D eigenvalue weighted by Crippen LogP contribution is -2.27. The number of imide groups is 1. The fourth-order valence-corrected chi connectivity index (χ4v) is 3.30. The molecule has 0 saturated carbocycles. The second-order valence-corrected chi connectivity index (χ2v) is 6.73. The van der Waals surface area contributed by atoms with Crippen molar-refractivity contribution in [2.75, 3.05) is 0 Å². The minimum Gasteiger partial charge on any atom is -0.268 e. The molecule has 0 aliphatic carbocycles. The van der Waals surface area contributed by atoms with Gasteiger partial charge in [0, 0.05) is 0 Å². The maximum atomic E-state index is 12.4. The molecule has 0 atom stereocenters. The molecular formula is C17H11Cl2NO2S. The first kappa shape index (κ1) is 16.1. The molecule has 0 unspecified atom stereocenters. The first-order valence-corrected chi connectivity index (χ1v) is 8.36. The van der Waals surface area contributed by atoms with Crippen molar-refractivity contribution in [2.24, 2.45) is 0 Å². The van der Waals surface area contributed by atoms with E-state index >= 15 is 0 Å². The second-order valence-electron chi connectivity index (χ2n) is 4.93. The fraction of sp³-hybridized carbons (Fsp3) is 0.0588. The van der Waals surface area contributed by atoms with E-state index in [0.717, 1.165) is 22.9 Å². The van der Waals surface area contributed by atoms with Gasteiger partial charge in [-0.25, -0.2) is 0 Å². The normalized spacial score (nSPS) is 16.4. The summed E-state index contributed by atoms with van der Waals surface area (Å²) in [5.41, 5.74) is 1.63. The average molecular weight is 364 g/mol. The van der Waals surface area contributed by atoms with Crippen LogP contribution < -0.4 is 0 Å². The SMILES string of the molecule is O=C1S/C(=C\c2ccc(Cl)c(Cl)c2)C(=O)N1Cc1ccccc1. The molecule has 0 N–H and O–H groups in total. The van der Waals surface area contributed by atoms with Crippen LogP contribution in [0, 0.1) is 0 Å². The molecule has 1 fully saturated rings. The van der Waals surface area contributed by atoms with Gasteiger partial charge in [-0.05, 0) is 41.1 Å². The Morgan fingerprint density at radius 1 is 1.00 bits per heavy atom. The molecule has 0 aromatic heterocycles. The van der Waals surface area contributed by atoms with Gasteiger partial charge in [0.25, 0.3) is 11.1 Å². The number of hydrogen-bond acceptors (Lipinski definition) is 3. The van der Waals surface area contributed by atoms with Crippen molar-refractivity contribution in [3.8, 4) is 0 Å². The van der Waals surface area contributed by atoms with E-state index in [0.29, 0.717) is 15.0 Å². The summed E-state index contributed by atoms with van der Waals surface area (Å²) in [6.45, 7) is 0.268. The van der Waals surface area contributed by atoms with Gasteiger partial charge in [0.1, 0.15) is 0 Å². The van der Waals surface area contributed by atoms with Crippen molar-refractivity contribution in [2.45, 2.75) is 6.54 Å². The molecule has 23 heavy (non-hydrogen) atoms. The van der Waals surface area contributed by atoms with Gasteiger partial charge in [0.2, 0.25) is 0 Å². The Hall–Kier alpha value is -1.75. The van der Waals surface area contributed by atoms with Crippen molar-refractivity contribution in [3.05, 3.63) is 74.6 Å². The van der Waals surface area contributed by atoms with Crippen molar-refractivity contribution in [1.29, 1.82) is 0 Å². The molecular weight excluding hydrogens is 353 g/mol. The third-order valence-corrected chi connectivity index (χ3v) is 4.94. The first-order valence-electron chi connectivity index (χ1n) is 6.79. The molecule has 1 aliphatic rings. The quantitative estimate of drug-likeness (QED) is 0.700. The average Bonchev–Trinajstić information content (AvgIpc) is 2.80. The number of benzene rings is 2. The molecule has 0 bridgehead atoms. The molecule has 2 aromatic carbocycles. The monoisotopic (exact) mass is 363 g/mol. The van der Waals surface area contributed by atoms with E-state index in [4.69, 9.17) is 23.2 Å². The zero-order chi connectivity index (χ0) is 16.4. The Morgan fingerprint density at radius 2 is 1.74 bits per heavy atom. The number of amides is 2. The lowest BCUT2D eigenvalue weighted by Gasteiger charge is -2.12. The van der Waals surface area contributed by atoms with Crippen molar-refractivity contribution in [1.82, 2.24) is 4.90 Å². The molecule has 6 heteroatoms. The lowest BCUT2D eigenvalue weighted by atomic mass is 10.2. The highest BCUT2D eigenvalue weighted by molar-refractivity contribution is 8.18. The molecule has 3 nitrogen and oxygen atoms in total. The number of carbonyl (C=O) groups excluding carboxylic acids is 2. The highest BCUT2D eigenvalue weighted by atomic mass is 35.5. The Bertz CT molecular complexity index is 805. The summed E-state index contributed by atoms with van der Waals surface area (Å²) in [6, 6.07) is 14.5. The van der Waals surface area contributed by atoms with E-state index in [2.05, 4.69) is 0 Å².